The van der Waals surface area contributed by atoms with Gasteiger partial charge in [0.15, 0.2) is 0 Å². The van der Waals surface area contributed by atoms with Crippen LogP contribution < -0.4 is 0 Å². The van der Waals surface area contributed by atoms with Gasteiger partial charge in [-0.25, -0.2) is 0 Å². The smallest absolute Gasteiger partial charge is 0.0136 e. The fourth-order valence-electron chi connectivity index (χ4n) is 2.53. The monoisotopic (exact) mass is 358 g/mol. The maximum atomic E-state index is 2.39. The standard InChI is InChI=1S/C18H15I/c19-16-11-12-17(14-7-3-1-4-8-14)18(13-16)15-9-5-2-6-10-15/h1-7,9-14H,8H2. The number of rotatable bonds is 2. The van der Waals surface area contributed by atoms with E-state index < -0.39 is 0 Å². The van der Waals surface area contributed by atoms with Crippen LogP contribution in [0.25, 0.3) is 11.1 Å². The highest BCUT2D eigenvalue weighted by Crippen LogP contribution is 2.34. The molecular weight excluding hydrogens is 343 g/mol. The third-order valence-electron chi connectivity index (χ3n) is 3.48. The van der Waals surface area contributed by atoms with Gasteiger partial charge in [0.2, 0.25) is 0 Å². The van der Waals surface area contributed by atoms with Crippen molar-refractivity contribution in [2.75, 3.05) is 0 Å². The van der Waals surface area contributed by atoms with E-state index in [1.165, 1.54) is 20.3 Å². The Kier molecular flexibility index (Phi) is 3.83. The molecule has 2 aromatic rings. The summed E-state index contributed by atoms with van der Waals surface area (Å²) in [5.74, 6) is 0.497. The summed E-state index contributed by atoms with van der Waals surface area (Å²) in [5, 5.41) is 0. The zero-order valence-corrected chi connectivity index (χ0v) is 12.7. The van der Waals surface area contributed by atoms with Crippen molar-refractivity contribution in [3.05, 3.63) is 82.0 Å². The molecule has 2 aromatic carbocycles. The molecule has 0 nitrogen and oxygen atoms in total. The van der Waals surface area contributed by atoms with Gasteiger partial charge in [-0.15, -0.1) is 0 Å². The summed E-state index contributed by atoms with van der Waals surface area (Å²) in [5.41, 5.74) is 4.09. The summed E-state index contributed by atoms with van der Waals surface area (Å²) in [4.78, 5) is 0. The molecule has 1 heteroatoms. The minimum Gasteiger partial charge on any atom is -0.0836 e. The molecule has 0 radical (unpaired) electrons. The van der Waals surface area contributed by atoms with Crippen LogP contribution in [0, 0.1) is 3.57 Å². The Bertz CT molecular complexity index is 623. The second kappa shape index (κ2) is 5.74. The quantitative estimate of drug-likeness (QED) is 0.617. The molecule has 0 heterocycles. The molecule has 1 unspecified atom stereocenters. The minimum absolute atomic E-state index is 0.497. The Balaban J connectivity index is 2.10. The SMILES string of the molecule is Ic1ccc(C2C=CC=CC2)c(-c2ccccc2)c1. The molecule has 0 fully saturated rings. The first-order valence-electron chi connectivity index (χ1n) is 6.53. The molecule has 94 valence electrons. The van der Waals surface area contributed by atoms with E-state index in [1.54, 1.807) is 0 Å². The molecular formula is C18H15I. The molecule has 0 amide bonds. The van der Waals surface area contributed by atoms with E-state index in [0.29, 0.717) is 5.92 Å². The van der Waals surface area contributed by atoms with E-state index in [4.69, 9.17) is 0 Å². The predicted molar refractivity (Wildman–Crippen MR) is 90.2 cm³/mol. The van der Waals surface area contributed by atoms with E-state index in [-0.39, 0.29) is 0 Å². The van der Waals surface area contributed by atoms with Crippen molar-refractivity contribution in [3.63, 3.8) is 0 Å². The van der Waals surface area contributed by atoms with E-state index in [0.717, 1.165) is 6.42 Å². The zero-order chi connectivity index (χ0) is 13.1. The molecule has 0 saturated heterocycles. The van der Waals surface area contributed by atoms with Crippen LogP contribution in [0.3, 0.4) is 0 Å². The van der Waals surface area contributed by atoms with Gasteiger partial charge in [0, 0.05) is 9.49 Å². The summed E-state index contributed by atoms with van der Waals surface area (Å²) in [7, 11) is 0. The maximum absolute atomic E-state index is 2.39. The van der Waals surface area contributed by atoms with Crippen molar-refractivity contribution >= 4 is 22.6 Å². The average Bonchev–Trinajstić information content (AvgIpc) is 2.49. The highest BCUT2D eigenvalue weighted by Gasteiger charge is 2.14. The Labute approximate surface area is 128 Å². The fourth-order valence-corrected chi connectivity index (χ4v) is 3.02. The van der Waals surface area contributed by atoms with Crippen LogP contribution in [0.5, 0.6) is 0 Å². The van der Waals surface area contributed by atoms with Crippen molar-refractivity contribution in [3.8, 4) is 11.1 Å². The van der Waals surface area contributed by atoms with E-state index in [9.17, 15) is 0 Å². The van der Waals surface area contributed by atoms with Crippen molar-refractivity contribution in [1.82, 2.24) is 0 Å². The zero-order valence-electron chi connectivity index (χ0n) is 10.6. The Morgan fingerprint density at radius 3 is 2.53 bits per heavy atom. The molecule has 0 N–H and O–H groups in total. The molecule has 0 aliphatic heterocycles. The Hall–Kier alpha value is -1.35. The van der Waals surface area contributed by atoms with Gasteiger partial charge >= 0.3 is 0 Å². The first kappa shape index (κ1) is 12.7. The van der Waals surface area contributed by atoms with Crippen LogP contribution in [0.2, 0.25) is 0 Å². The van der Waals surface area contributed by atoms with Gasteiger partial charge in [-0.05, 0) is 57.8 Å². The fraction of sp³-hybridized carbons (Fsp3) is 0.111. The third-order valence-corrected chi connectivity index (χ3v) is 4.15. The summed E-state index contributed by atoms with van der Waals surface area (Å²) in [6.07, 6.45) is 9.93. The van der Waals surface area contributed by atoms with E-state index in [1.807, 2.05) is 0 Å². The van der Waals surface area contributed by atoms with Crippen LogP contribution >= 0.6 is 22.6 Å². The van der Waals surface area contributed by atoms with Crippen molar-refractivity contribution in [2.45, 2.75) is 12.3 Å². The van der Waals surface area contributed by atoms with Crippen LogP contribution in [-0.4, -0.2) is 0 Å². The van der Waals surface area contributed by atoms with Crippen LogP contribution in [0.4, 0.5) is 0 Å². The Morgan fingerprint density at radius 1 is 0.947 bits per heavy atom. The van der Waals surface area contributed by atoms with Crippen LogP contribution in [-0.2, 0) is 0 Å². The highest BCUT2D eigenvalue weighted by molar-refractivity contribution is 14.1. The summed E-state index contributed by atoms with van der Waals surface area (Å²) in [6.45, 7) is 0. The second-order valence-corrected chi connectivity index (χ2v) is 6.00. The topological polar surface area (TPSA) is 0 Å². The first-order valence-corrected chi connectivity index (χ1v) is 7.60. The molecule has 3 rings (SSSR count). The molecule has 1 aliphatic rings. The van der Waals surface area contributed by atoms with Crippen LogP contribution in [0.1, 0.15) is 17.9 Å². The first-order chi connectivity index (χ1) is 9.34. The molecule has 0 aromatic heterocycles. The number of benzene rings is 2. The lowest BCUT2D eigenvalue weighted by Crippen LogP contribution is -1.99. The maximum Gasteiger partial charge on any atom is 0.0136 e. The van der Waals surface area contributed by atoms with Crippen molar-refractivity contribution < 1.29 is 0 Å². The van der Waals surface area contributed by atoms with Gasteiger partial charge in [-0.3, -0.25) is 0 Å². The lowest BCUT2D eigenvalue weighted by molar-refractivity contribution is 0.855. The molecule has 0 spiro atoms. The lowest BCUT2D eigenvalue weighted by Gasteiger charge is -2.18. The largest absolute Gasteiger partial charge is 0.0836 e. The number of halogens is 1. The summed E-state index contributed by atoms with van der Waals surface area (Å²) in [6, 6.07) is 17.4. The van der Waals surface area contributed by atoms with E-state index in [2.05, 4.69) is 95.4 Å². The van der Waals surface area contributed by atoms with E-state index >= 15 is 0 Å². The average molecular weight is 358 g/mol. The molecule has 19 heavy (non-hydrogen) atoms. The Morgan fingerprint density at radius 2 is 1.79 bits per heavy atom. The van der Waals surface area contributed by atoms with Crippen molar-refractivity contribution in [2.24, 2.45) is 0 Å². The summed E-state index contributed by atoms with van der Waals surface area (Å²) >= 11 is 2.39. The second-order valence-electron chi connectivity index (χ2n) is 4.75. The number of allylic oxidation sites excluding steroid dienone is 4. The molecule has 0 saturated carbocycles. The molecule has 1 atom stereocenters. The minimum atomic E-state index is 0.497. The third kappa shape index (κ3) is 2.81. The van der Waals surface area contributed by atoms with Gasteiger partial charge in [0.1, 0.15) is 0 Å². The molecule has 1 aliphatic carbocycles. The number of hydrogen-bond donors (Lipinski definition) is 0. The predicted octanol–water partition coefficient (Wildman–Crippen LogP) is 5.56. The van der Waals surface area contributed by atoms with Gasteiger partial charge in [0.25, 0.3) is 0 Å². The van der Waals surface area contributed by atoms with Gasteiger partial charge in [-0.1, -0.05) is 60.7 Å². The summed E-state index contributed by atoms with van der Waals surface area (Å²) < 4.78 is 1.29. The van der Waals surface area contributed by atoms with Crippen LogP contribution in [0.15, 0.2) is 72.8 Å². The van der Waals surface area contributed by atoms with Gasteiger partial charge < -0.3 is 0 Å². The molecule has 0 bridgehead atoms. The number of hydrogen-bond acceptors (Lipinski definition) is 0. The van der Waals surface area contributed by atoms with Gasteiger partial charge in [0.05, 0.1) is 0 Å². The van der Waals surface area contributed by atoms with Crippen molar-refractivity contribution in [1.29, 1.82) is 0 Å². The lowest BCUT2D eigenvalue weighted by atomic mass is 9.87. The normalized spacial score (nSPS) is 17.6. The highest BCUT2D eigenvalue weighted by atomic mass is 127. The van der Waals surface area contributed by atoms with Gasteiger partial charge in [-0.2, -0.15) is 0 Å².